The van der Waals surface area contributed by atoms with E-state index in [2.05, 4.69) is 25.4 Å². The second kappa shape index (κ2) is 11.8. The van der Waals surface area contributed by atoms with E-state index in [1.807, 2.05) is 12.1 Å². The molecule has 29 heavy (non-hydrogen) atoms. The molecule has 2 N–H and O–H groups in total. The first kappa shape index (κ1) is 21.6. The molecule has 0 spiro atoms. The molecule has 3 rings (SSSR count). The van der Waals surface area contributed by atoms with E-state index in [1.54, 1.807) is 12.4 Å². The number of hydrogen-bond donors (Lipinski definition) is 2. The number of pyridine rings is 1. The van der Waals surface area contributed by atoms with Gasteiger partial charge in [0.05, 0.1) is 32.5 Å². The van der Waals surface area contributed by atoms with Crippen molar-refractivity contribution in [1.82, 2.24) is 25.4 Å². The van der Waals surface area contributed by atoms with E-state index in [0.29, 0.717) is 26.3 Å². The molecule has 0 aromatic carbocycles. The lowest BCUT2D eigenvalue weighted by molar-refractivity contribution is -0.139. The second-order valence-corrected chi connectivity index (χ2v) is 7.22. The molecule has 0 saturated carbocycles. The SMILES string of the molecule is O=C(NCCCN1CCOCC1)C(=O)NCC(c1cccnc1)N1CCOCC1. The number of rotatable bonds is 8. The minimum absolute atomic E-state index is 0.0364. The van der Waals surface area contributed by atoms with Gasteiger partial charge < -0.3 is 20.1 Å². The van der Waals surface area contributed by atoms with Crippen molar-refractivity contribution in [3.63, 3.8) is 0 Å². The molecule has 2 aliphatic rings. The Balaban J connectivity index is 1.42. The number of ether oxygens (including phenoxy) is 2. The number of carbonyl (C=O) groups excluding carboxylic acids is 2. The predicted molar refractivity (Wildman–Crippen MR) is 107 cm³/mol. The van der Waals surface area contributed by atoms with E-state index in [9.17, 15) is 9.59 Å². The van der Waals surface area contributed by atoms with Gasteiger partial charge in [0.1, 0.15) is 0 Å². The Morgan fingerprint density at radius 3 is 2.41 bits per heavy atom. The van der Waals surface area contributed by atoms with Crippen LogP contribution in [0.2, 0.25) is 0 Å². The van der Waals surface area contributed by atoms with Crippen LogP contribution in [0.25, 0.3) is 0 Å². The maximum atomic E-state index is 12.2. The van der Waals surface area contributed by atoms with Crippen molar-refractivity contribution in [3.05, 3.63) is 30.1 Å². The van der Waals surface area contributed by atoms with Crippen LogP contribution in [0.1, 0.15) is 18.0 Å². The Morgan fingerprint density at radius 1 is 1.03 bits per heavy atom. The molecule has 9 heteroatoms. The largest absolute Gasteiger partial charge is 0.379 e. The lowest BCUT2D eigenvalue weighted by Crippen LogP contribution is -2.47. The molecule has 1 aromatic rings. The highest BCUT2D eigenvalue weighted by Crippen LogP contribution is 2.20. The van der Waals surface area contributed by atoms with Gasteiger partial charge in [0.15, 0.2) is 0 Å². The quantitative estimate of drug-likeness (QED) is 0.441. The minimum atomic E-state index is -0.599. The number of hydrogen-bond acceptors (Lipinski definition) is 7. The topological polar surface area (TPSA) is 96.0 Å². The van der Waals surface area contributed by atoms with Crippen LogP contribution < -0.4 is 10.6 Å². The van der Waals surface area contributed by atoms with Gasteiger partial charge in [0.25, 0.3) is 0 Å². The van der Waals surface area contributed by atoms with Crippen molar-refractivity contribution in [2.75, 3.05) is 72.2 Å². The van der Waals surface area contributed by atoms with Crippen LogP contribution in [0.15, 0.2) is 24.5 Å². The average Bonchev–Trinajstić information content (AvgIpc) is 2.79. The standard InChI is InChI=1S/C20H31N5O4/c26-19(22-5-2-6-24-7-11-28-12-8-24)20(27)23-16-18(17-3-1-4-21-15-17)25-9-13-29-14-10-25/h1,3-4,15,18H,2,5-14,16H2,(H,22,26)(H,23,27). The zero-order valence-electron chi connectivity index (χ0n) is 16.8. The fourth-order valence-corrected chi connectivity index (χ4v) is 3.60. The summed E-state index contributed by atoms with van der Waals surface area (Å²) in [6, 6.07) is 3.84. The molecule has 1 atom stereocenters. The third kappa shape index (κ3) is 7.04. The molecule has 9 nitrogen and oxygen atoms in total. The number of morpholine rings is 2. The summed E-state index contributed by atoms with van der Waals surface area (Å²) in [7, 11) is 0. The normalized spacial score (nSPS) is 19.4. The zero-order chi connectivity index (χ0) is 20.3. The summed E-state index contributed by atoms with van der Waals surface area (Å²) in [6.07, 6.45) is 4.34. The molecular formula is C20H31N5O4. The predicted octanol–water partition coefficient (Wildman–Crippen LogP) is -0.590. The summed E-state index contributed by atoms with van der Waals surface area (Å²) < 4.78 is 10.7. The average molecular weight is 405 g/mol. The summed E-state index contributed by atoms with van der Waals surface area (Å²) in [5.74, 6) is -1.18. The smallest absolute Gasteiger partial charge is 0.309 e. The number of nitrogens with one attached hydrogen (secondary N) is 2. The molecule has 3 heterocycles. The van der Waals surface area contributed by atoms with Gasteiger partial charge in [-0.3, -0.25) is 24.4 Å². The molecule has 1 unspecified atom stereocenters. The van der Waals surface area contributed by atoms with Gasteiger partial charge in [-0.25, -0.2) is 0 Å². The van der Waals surface area contributed by atoms with Crippen molar-refractivity contribution >= 4 is 11.8 Å². The van der Waals surface area contributed by atoms with Crippen molar-refractivity contribution in [1.29, 1.82) is 0 Å². The van der Waals surface area contributed by atoms with Crippen LogP contribution in [-0.2, 0) is 19.1 Å². The van der Waals surface area contributed by atoms with E-state index >= 15 is 0 Å². The van der Waals surface area contributed by atoms with E-state index in [0.717, 1.165) is 57.9 Å². The minimum Gasteiger partial charge on any atom is -0.379 e. The molecule has 2 aliphatic heterocycles. The Bertz CT molecular complexity index is 633. The molecule has 1 aromatic heterocycles. The van der Waals surface area contributed by atoms with E-state index in [-0.39, 0.29) is 6.04 Å². The van der Waals surface area contributed by atoms with Gasteiger partial charge in [-0.15, -0.1) is 0 Å². The maximum absolute atomic E-state index is 12.2. The summed E-state index contributed by atoms with van der Waals surface area (Å²) in [5.41, 5.74) is 1.01. The van der Waals surface area contributed by atoms with Crippen molar-refractivity contribution in [2.45, 2.75) is 12.5 Å². The summed E-state index contributed by atoms with van der Waals surface area (Å²) in [4.78, 5) is 33.1. The summed E-state index contributed by atoms with van der Waals surface area (Å²) in [5, 5.41) is 5.49. The Morgan fingerprint density at radius 2 is 1.72 bits per heavy atom. The first-order chi connectivity index (χ1) is 14.2. The number of nitrogens with zero attached hydrogens (tertiary/aromatic N) is 3. The van der Waals surface area contributed by atoms with Gasteiger partial charge in [0.2, 0.25) is 0 Å². The van der Waals surface area contributed by atoms with Crippen LogP contribution in [0.5, 0.6) is 0 Å². The van der Waals surface area contributed by atoms with Crippen molar-refractivity contribution < 1.29 is 19.1 Å². The van der Waals surface area contributed by atoms with Gasteiger partial charge in [-0.1, -0.05) is 6.07 Å². The Kier molecular flexibility index (Phi) is 8.82. The first-order valence-corrected chi connectivity index (χ1v) is 10.3. The number of amides is 2. The number of carbonyl (C=O) groups is 2. The zero-order valence-corrected chi connectivity index (χ0v) is 16.8. The summed E-state index contributed by atoms with van der Waals surface area (Å²) in [6.45, 7) is 7.98. The van der Waals surface area contributed by atoms with Gasteiger partial charge >= 0.3 is 11.8 Å². The lowest BCUT2D eigenvalue weighted by Gasteiger charge is -2.34. The van der Waals surface area contributed by atoms with Gasteiger partial charge in [0, 0.05) is 51.7 Å². The second-order valence-electron chi connectivity index (χ2n) is 7.22. The van der Waals surface area contributed by atoms with Crippen LogP contribution in [0.3, 0.4) is 0 Å². The van der Waals surface area contributed by atoms with Crippen LogP contribution in [0, 0.1) is 0 Å². The van der Waals surface area contributed by atoms with Crippen LogP contribution in [-0.4, -0.2) is 98.8 Å². The number of aromatic nitrogens is 1. The molecule has 2 fully saturated rings. The molecule has 0 radical (unpaired) electrons. The van der Waals surface area contributed by atoms with Gasteiger partial charge in [-0.2, -0.15) is 0 Å². The molecule has 0 aliphatic carbocycles. The first-order valence-electron chi connectivity index (χ1n) is 10.3. The monoisotopic (exact) mass is 405 g/mol. The third-order valence-corrected chi connectivity index (χ3v) is 5.26. The van der Waals surface area contributed by atoms with E-state index < -0.39 is 11.8 Å². The lowest BCUT2D eigenvalue weighted by atomic mass is 10.1. The summed E-state index contributed by atoms with van der Waals surface area (Å²) >= 11 is 0. The van der Waals surface area contributed by atoms with Crippen molar-refractivity contribution in [2.24, 2.45) is 0 Å². The van der Waals surface area contributed by atoms with Crippen molar-refractivity contribution in [3.8, 4) is 0 Å². The molecular weight excluding hydrogens is 374 g/mol. The maximum Gasteiger partial charge on any atom is 0.309 e. The fraction of sp³-hybridized carbons (Fsp3) is 0.650. The van der Waals surface area contributed by atoms with Crippen LogP contribution in [0.4, 0.5) is 0 Å². The highest BCUT2D eigenvalue weighted by atomic mass is 16.5. The molecule has 2 saturated heterocycles. The Hall–Kier alpha value is -2.07. The highest BCUT2D eigenvalue weighted by Gasteiger charge is 2.24. The molecule has 0 bridgehead atoms. The highest BCUT2D eigenvalue weighted by molar-refractivity contribution is 6.35. The Labute approximate surface area is 171 Å². The van der Waals surface area contributed by atoms with E-state index in [1.165, 1.54) is 0 Å². The molecule has 160 valence electrons. The van der Waals surface area contributed by atoms with Crippen LogP contribution >= 0.6 is 0 Å². The third-order valence-electron chi connectivity index (χ3n) is 5.26. The van der Waals surface area contributed by atoms with E-state index in [4.69, 9.17) is 9.47 Å². The molecule has 2 amide bonds. The fourth-order valence-electron chi connectivity index (χ4n) is 3.60. The van der Waals surface area contributed by atoms with Gasteiger partial charge in [-0.05, 0) is 24.6 Å².